The lowest BCUT2D eigenvalue weighted by Gasteiger charge is -2.10. The Kier molecular flexibility index (Phi) is 3.13. The van der Waals surface area contributed by atoms with Crippen LogP contribution in [0, 0.1) is 0 Å². The van der Waals surface area contributed by atoms with Gasteiger partial charge in [-0.25, -0.2) is 8.42 Å². The molecule has 5 nitrogen and oxygen atoms in total. The molecule has 18 heavy (non-hydrogen) atoms. The monoisotopic (exact) mass is 266 g/mol. The summed E-state index contributed by atoms with van der Waals surface area (Å²) in [6.07, 6.45) is 1.13. The predicted octanol–water partition coefficient (Wildman–Crippen LogP) is 0.628. The minimum Gasteiger partial charge on any atom is -0.385 e. The predicted molar refractivity (Wildman–Crippen MR) is 72.3 cm³/mol. The van der Waals surface area contributed by atoms with Crippen LogP contribution in [0.4, 0.5) is 5.82 Å². The highest BCUT2D eigenvalue weighted by Gasteiger charge is 2.09. The summed E-state index contributed by atoms with van der Waals surface area (Å²) in [5.41, 5.74) is 5.53. The molecule has 0 saturated carbocycles. The molecule has 0 amide bonds. The second-order valence-electron chi connectivity index (χ2n) is 4.24. The Balaban J connectivity index is 2.54. The number of anilines is 1. The summed E-state index contributed by atoms with van der Waals surface area (Å²) in [6, 6.07) is 8.77. The van der Waals surface area contributed by atoms with Gasteiger partial charge in [-0.2, -0.15) is 0 Å². The maximum Gasteiger partial charge on any atom is 0.260 e. The van der Waals surface area contributed by atoms with Gasteiger partial charge >= 0.3 is 0 Å². The van der Waals surface area contributed by atoms with Crippen LogP contribution in [0.25, 0.3) is 10.8 Å². The van der Waals surface area contributed by atoms with Gasteiger partial charge in [0.2, 0.25) is 0 Å². The Morgan fingerprint density at radius 2 is 1.94 bits per heavy atom. The Hall–Kier alpha value is -1.82. The Morgan fingerprint density at radius 1 is 1.28 bits per heavy atom. The fraction of sp³-hybridized carbons (Fsp3) is 0.250. The molecule has 0 radical (unpaired) electrons. The number of hydrogen-bond donors (Lipinski definition) is 1. The highest BCUT2D eigenvalue weighted by Crippen LogP contribution is 2.13. The maximum absolute atomic E-state index is 12.2. The van der Waals surface area contributed by atoms with E-state index in [1.165, 1.54) is 4.57 Å². The van der Waals surface area contributed by atoms with Crippen molar-refractivity contribution >= 4 is 26.4 Å². The summed E-state index contributed by atoms with van der Waals surface area (Å²) in [6.45, 7) is 0.0777. The van der Waals surface area contributed by atoms with Crippen molar-refractivity contribution in [3.63, 3.8) is 0 Å². The molecule has 2 aromatic rings. The number of rotatable bonds is 3. The molecule has 2 N–H and O–H groups in total. The van der Waals surface area contributed by atoms with E-state index in [4.69, 9.17) is 5.73 Å². The fourth-order valence-corrected chi connectivity index (χ4v) is 2.32. The molecular formula is C12H14N2O3S. The lowest BCUT2D eigenvalue weighted by atomic mass is 10.1. The summed E-state index contributed by atoms with van der Waals surface area (Å²) in [5, 5.41) is 1.30. The van der Waals surface area contributed by atoms with Crippen LogP contribution in [0.3, 0.4) is 0 Å². The van der Waals surface area contributed by atoms with Gasteiger partial charge in [-0.3, -0.25) is 9.36 Å². The van der Waals surface area contributed by atoms with Crippen molar-refractivity contribution in [3.05, 3.63) is 40.7 Å². The Morgan fingerprint density at radius 3 is 2.61 bits per heavy atom. The molecule has 0 saturated heterocycles. The summed E-state index contributed by atoms with van der Waals surface area (Å²) >= 11 is 0. The van der Waals surface area contributed by atoms with E-state index >= 15 is 0 Å². The molecule has 0 aliphatic heterocycles. The number of aromatic nitrogens is 1. The van der Waals surface area contributed by atoms with Gasteiger partial charge < -0.3 is 5.73 Å². The molecule has 0 spiro atoms. The molecule has 0 aliphatic carbocycles. The van der Waals surface area contributed by atoms with Crippen molar-refractivity contribution in [2.75, 3.05) is 17.7 Å². The van der Waals surface area contributed by atoms with Gasteiger partial charge in [-0.05, 0) is 17.5 Å². The van der Waals surface area contributed by atoms with Crippen LogP contribution < -0.4 is 11.3 Å². The average Bonchev–Trinajstić information content (AvgIpc) is 2.27. The van der Waals surface area contributed by atoms with Crippen LogP contribution in [0.5, 0.6) is 0 Å². The highest BCUT2D eigenvalue weighted by atomic mass is 32.2. The van der Waals surface area contributed by atoms with E-state index in [0.717, 1.165) is 11.6 Å². The number of pyridine rings is 1. The van der Waals surface area contributed by atoms with Gasteiger partial charge in [0.15, 0.2) is 0 Å². The molecule has 1 aromatic carbocycles. The van der Waals surface area contributed by atoms with Crippen LogP contribution in [0.1, 0.15) is 0 Å². The zero-order valence-corrected chi connectivity index (χ0v) is 10.8. The number of benzene rings is 1. The molecule has 0 fully saturated rings. The maximum atomic E-state index is 12.2. The average molecular weight is 266 g/mol. The largest absolute Gasteiger partial charge is 0.385 e. The summed E-state index contributed by atoms with van der Waals surface area (Å²) in [4.78, 5) is 12.2. The lowest BCUT2D eigenvalue weighted by Crippen LogP contribution is -2.26. The third-order valence-electron chi connectivity index (χ3n) is 2.74. The van der Waals surface area contributed by atoms with Crippen LogP contribution >= 0.6 is 0 Å². The van der Waals surface area contributed by atoms with Gasteiger partial charge in [-0.15, -0.1) is 0 Å². The van der Waals surface area contributed by atoms with E-state index in [2.05, 4.69) is 0 Å². The molecule has 2 rings (SSSR count). The molecule has 96 valence electrons. The highest BCUT2D eigenvalue weighted by molar-refractivity contribution is 7.90. The third kappa shape index (κ3) is 2.53. The molecular weight excluding hydrogens is 252 g/mol. The minimum atomic E-state index is -3.12. The normalized spacial score (nSPS) is 11.8. The number of sulfone groups is 1. The van der Waals surface area contributed by atoms with Crippen LogP contribution in [0.15, 0.2) is 35.1 Å². The van der Waals surface area contributed by atoms with Crippen molar-refractivity contribution in [1.82, 2.24) is 4.57 Å². The molecule has 1 aromatic heterocycles. The number of nitrogens with two attached hydrogens (primary N) is 1. The van der Waals surface area contributed by atoms with E-state index in [-0.39, 0.29) is 23.7 Å². The van der Waals surface area contributed by atoms with Gasteiger partial charge in [0.25, 0.3) is 5.56 Å². The Labute approximate surface area is 105 Å². The quantitative estimate of drug-likeness (QED) is 0.883. The number of fused-ring (bicyclic) bond motifs is 1. The van der Waals surface area contributed by atoms with Gasteiger partial charge in [0.1, 0.15) is 15.7 Å². The number of nitrogens with zero attached hydrogens (tertiary/aromatic N) is 1. The first-order valence-electron chi connectivity index (χ1n) is 5.44. The second kappa shape index (κ2) is 4.45. The first-order valence-corrected chi connectivity index (χ1v) is 7.50. The van der Waals surface area contributed by atoms with Crippen molar-refractivity contribution in [3.8, 4) is 0 Å². The lowest BCUT2D eigenvalue weighted by molar-refractivity contribution is 0.594. The minimum absolute atomic E-state index is 0.0777. The zero-order chi connectivity index (χ0) is 13.3. The Bertz CT molecular complexity index is 747. The molecule has 0 unspecified atom stereocenters. The van der Waals surface area contributed by atoms with E-state index < -0.39 is 9.84 Å². The topological polar surface area (TPSA) is 82.2 Å². The fourth-order valence-electron chi connectivity index (χ4n) is 1.81. The molecule has 0 aliphatic rings. The van der Waals surface area contributed by atoms with Crippen molar-refractivity contribution in [2.45, 2.75) is 6.54 Å². The third-order valence-corrected chi connectivity index (χ3v) is 3.66. The smallest absolute Gasteiger partial charge is 0.260 e. The van der Waals surface area contributed by atoms with Crippen molar-refractivity contribution in [2.24, 2.45) is 0 Å². The molecule has 0 bridgehead atoms. The van der Waals surface area contributed by atoms with E-state index in [1.807, 2.05) is 6.07 Å². The first-order chi connectivity index (χ1) is 8.38. The van der Waals surface area contributed by atoms with E-state index in [0.29, 0.717) is 5.39 Å². The first kappa shape index (κ1) is 12.6. The van der Waals surface area contributed by atoms with Crippen LogP contribution in [0.2, 0.25) is 0 Å². The van der Waals surface area contributed by atoms with Crippen LogP contribution in [-0.4, -0.2) is 25.0 Å². The van der Waals surface area contributed by atoms with Crippen molar-refractivity contribution in [1.29, 1.82) is 0 Å². The van der Waals surface area contributed by atoms with Gasteiger partial charge in [0, 0.05) is 18.2 Å². The second-order valence-corrected chi connectivity index (χ2v) is 6.50. The summed E-state index contributed by atoms with van der Waals surface area (Å²) < 4.78 is 23.6. The molecule has 1 heterocycles. The van der Waals surface area contributed by atoms with Gasteiger partial charge in [-0.1, -0.05) is 18.2 Å². The summed E-state index contributed by atoms with van der Waals surface area (Å²) in [5.74, 6) is 0.178. The summed E-state index contributed by atoms with van der Waals surface area (Å²) in [7, 11) is -3.12. The van der Waals surface area contributed by atoms with E-state index in [9.17, 15) is 13.2 Å². The number of nitrogen functional groups attached to an aromatic ring is 1. The number of hydrogen-bond acceptors (Lipinski definition) is 4. The molecule has 6 heteroatoms. The SMILES string of the molecule is CS(=O)(=O)CCn1c(N)cc2ccccc2c1=O. The van der Waals surface area contributed by atoms with Crippen LogP contribution in [-0.2, 0) is 16.4 Å². The standard InChI is InChI=1S/C12H14N2O3S/c1-18(16,17)7-6-14-11(13)8-9-4-2-3-5-10(9)12(14)15/h2-5,8H,6-7,13H2,1H3. The van der Waals surface area contributed by atoms with Gasteiger partial charge in [0.05, 0.1) is 5.75 Å². The van der Waals surface area contributed by atoms with E-state index in [1.54, 1.807) is 24.3 Å². The van der Waals surface area contributed by atoms with Crippen molar-refractivity contribution < 1.29 is 8.42 Å². The zero-order valence-electron chi connectivity index (χ0n) is 9.96. The molecule has 0 atom stereocenters.